The Morgan fingerprint density at radius 3 is 2.59 bits per heavy atom. The number of amides is 1. The van der Waals surface area contributed by atoms with Gasteiger partial charge in [0.15, 0.2) is 17.6 Å². The van der Waals surface area contributed by atoms with E-state index in [-0.39, 0.29) is 12.5 Å². The molecule has 174 valence electrons. The number of hydrogen-bond acceptors (Lipinski definition) is 6. The predicted octanol–water partition coefficient (Wildman–Crippen LogP) is 4.76. The van der Waals surface area contributed by atoms with Gasteiger partial charge in [-0.15, -0.1) is 0 Å². The summed E-state index contributed by atoms with van der Waals surface area (Å²) in [6.45, 7) is 6.17. The molecule has 0 aliphatic heterocycles. The molecule has 0 fully saturated rings. The van der Waals surface area contributed by atoms with Crippen LogP contribution in [-0.4, -0.2) is 24.8 Å². The number of carbonyl (C=O) groups is 1. The van der Waals surface area contributed by atoms with Gasteiger partial charge in [-0.25, -0.2) is 5.43 Å². The van der Waals surface area contributed by atoms with Crippen LogP contribution in [-0.2, 0) is 11.4 Å². The van der Waals surface area contributed by atoms with Crippen LogP contribution in [0, 0.1) is 18.3 Å². The quantitative estimate of drug-likeness (QED) is 0.350. The van der Waals surface area contributed by atoms with Crippen molar-refractivity contribution in [1.29, 1.82) is 5.26 Å². The highest BCUT2D eigenvalue weighted by atomic mass is 16.5. The van der Waals surface area contributed by atoms with Gasteiger partial charge < -0.3 is 14.2 Å². The Morgan fingerprint density at radius 1 is 1.06 bits per heavy atom. The summed E-state index contributed by atoms with van der Waals surface area (Å²) in [5.41, 5.74) is 5.54. The summed E-state index contributed by atoms with van der Waals surface area (Å²) in [7, 11) is 0. The number of benzene rings is 3. The van der Waals surface area contributed by atoms with Gasteiger partial charge >= 0.3 is 0 Å². The Balaban J connectivity index is 1.62. The highest BCUT2D eigenvalue weighted by Gasteiger charge is 2.15. The number of carbonyl (C=O) groups excluding carboxylic acids is 1. The number of para-hydroxylation sites is 1. The summed E-state index contributed by atoms with van der Waals surface area (Å²) in [6.07, 6.45) is 0.819. The Hall–Kier alpha value is -4.31. The van der Waals surface area contributed by atoms with Crippen LogP contribution in [0.4, 0.5) is 0 Å². The summed E-state index contributed by atoms with van der Waals surface area (Å²) < 4.78 is 17.3. The van der Waals surface area contributed by atoms with Crippen molar-refractivity contribution >= 4 is 12.1 Å². The van der Waals surface area contributed by atoms with Crippen LogP contribution in [0.2, 0.25) is 0 Å². The molecule has 3 aromatic rings. The van der Waals surface area contributed by atoms with Crippen molar-refractivity contribution in [2.75, 3.05) is 6.61 Å². The Morgan fingerprint density at radius 2 is 1.82 bits per heavy atom. The third-order valence-corrected chi connectivity index (χ3v) is 4.94. The molecular weight excluding hydrogens is 430 g/mol. The Bertz CT molecular complexity index is 1200. The third kappa shape index (κ3) is 6.59. The summed E-state index contributed by atoms with van der Waals surface area (Å²) in [6, 6.07) is 22.3. The largest absolute Gasteiger partial charge is 0.490 e. The SMILES string of the molecule is CCOc1cc(/C=N/NC(=O)[C@H](C)Oc2ccccc2C)ccc1OCc1ccccc1C#N. The number of nitriles is 1. The molecule has 3 rings (SSSR count). The van der Waals surface area contributed by atoms with E-state index in [9.17, 15) is 10.1 Å². The molecule has 1 atom stereocenters. The lowest BCUT2D eigenvalue weighted by atomic mass is 10.1. The van der Waals surface area contributed by atoms with E-state index in [2.05, 4.69) is 16.6 Å². The lowest BCUT2D eigenvalue weighted by Gasteiger charge is -2.14. The predicted molar refractivity (Wildman–Crippen MR) is 130 cm³/mol. The molecule has 0 aliphatic rings. The standard InChI is InChI=1S/C27H27N3O4/c1-4-32-26-15-21(13-14-25(26)33-18-23-11-7-6-10-22(23)16-28)17-29-30-27(31)20(3)34-24-12-8-5-9-19(24)2/h5-15,17,20H,4,18H2,1-3H3,(H,30,31)/b29-17+/t20-/m0/s1. The Kier molecular flexibility index (Phi) is 8.64. The number of rotatable bonds is 10. The van der Waals surface area contributed by atoms with Crippen molar-refractivity contribution in [3.05, 3.63) is 89.0 Å². The topological polar surface area (TPSA) is 92.9 Å². The zero-order valence-corrected chi connectivity index (χ0v) is 19.4. The summed E-state index contributed by atoms with van der Waals surface area (Å²) in [5, 5.41) is 13.3. The third-order valence-electron chi connectivity index (χ3n) is 4.94. The first-order chi connectivity index (χ1) is 16.5. The van der Waals surface area contributed by atoms with Gasteiger partial charge in [0.05, 0.1) is 24.5 Å². The molecule has 0 saturated carbocycles. The maximum absolute atomic E-state index is 12.3. The van der Waals surface area contributed by atoms with E-state index in [0.717, 1.165) is 16.7 Å². The average Bonchev–Trinajstić information content (AvgIpc) is 2.85. The van der Waals surface area contributed by atoms with Crippen LogP contribution in [0.25, 0.3) is 0 Å². The zero-order chi connectivity index (χ0) is 24.3. The number of hydrogen-bond donors (Lipinski definition) is 1. The van der Waals surface area contributed by atoms with Crippen molar-refractivity contribution in [2.45, 2.75) is 33.5 Å². The van der Waals surface area contributed by atoms with Gasteiger partial charge in [0.2, 0.25) is 0 Å². The van der Waals surface area contributed by atoms with E-state index < -0.39 is 6.10 Å². The maximum Gasteiger partial charge on any atom is 0.280 e. The first-order valence-corrected chi connectivity index (χ1v) is 10.9. The maximum atomic E-state index is 12.3. The van der Waals surface area contributed by atoms with Crippen LogP contribution in [0.1, 0.15) is 36.1 Å². The minimum atomic E-state index is -0.704. The van der Waals surface area contributed by atoms with E-state index in [0.29, 0.717) is 29.4 Å². The number of nitrogens with zero attached hydrogens (tertiary/aromatic N) is 2. The van der Waals surface area contributed by atoms with Gasteiger partial charge in [-0.2, -0.15) is 10.4 Å². The zero-order valence-electron chi connectivity index (χ0n) is 19.4. The van der Waals surface area contributed by atoms with Crippen LogP contribution in [0.3, 0.4) is 0 Å². The number of aryl methyl sites for hydroxylation is 1. The minimum Gasteiger partial charge on any atom is -0.490 e. The van der Waals surface area contributed by atoms with Crippen LogP contribution in [0.5, 0.6) is 17.2 Å². The molecule has 0 aromatic heterocycles. The molecular formula is C27H27N3O4. The van der Waals surface area contributed by atoms with Crippen LogP contribution < -0.4 is 19.6 Å². The fourth-order valence-electron chi connectivity index (χ4n) is 3.10. The summed E-state index contributed by atoms with van der Waals surface area (Å²) >= 11 is 0. The lowest BCUT2D eigenvalue weighted by Crippen LogP contribution is -2.33. The second-order valence-corrected chi connectivity index (χ2v) is 7.46. The van der Waals surface area contributed by atoms with Crippen LogP contribution in [0.15, 0.2) is 71.8 Å². The molecule has 3 aromatic carbocycles. The monoisotopic (exact) mass is 457 g/mol. The van der Waals surface area contributed by atoms with Gasteiger partial charge in [-0.05, 0) is 62.2 Å². The second-order valence-electron chi connectivity index (χ2n) is 7.46. The van der Waals surface area contributed by atoms with Crippen molar-refractivity contribution in [3.63, 3.8) is 0 Å². The van der Waals surface area contributed by atoms with E-state index in [1.807, 2.05) is 56.3 Å². The Labute approximate surface area is 199 Å². The molecule has 7 nitrogen and oxygen atoms in total. The highest BCUT2D eigenvalue weighted by molar-refractivity contribution is 5.85. The number of nitrogens with one attached hydrogen (secondary N) is 1. The molecule has 0 unspecified atom stereocenters. The van der Waals surface area contributed by atoms with Gasteiger partial charge in [0, 0.05) is 5.56 Å². The molecule has 1 amide bonds. The molecule has 1 N–H and O–H groups in total. The van der Waals surface area contributed by atoms with E-state index >= 15 is 0 Å². The van der Waals surface area contributed by atoms with Gasteiger partial charge in [0.1, 0.15) is 12.4 Å². The lowest BCUT2D eigenvalue weighted by molar-refractivity contribution is -0.127. The molecule has 0 bridgehead atoms. The molecule has 7 heteroatoms. The molecule has 34 heavy (non-hydrogen) atoms. The average molecular weight is 458 g/mol. The minimum absolute atomic E-state index is 0.242. The molecule has 0 saturated heterocycles. The van der Waals surface area contributed by atoms with Crippen molar-refractivity contribution in [1.82, 2.24) is 5.43 Å². The molecule has 0 spiro atoms. The van der Waals surface area contributed by atoms with Crippen molar-refractivity contribution in [2.24, 2.45) is 5.10 Å². The van der Waals surface area contributed by atoms with E-state index in [1.54, 1.807) is 31.2 Å². The van der Waals surface area contributed by atoms with Crippen molar-refractivity contribution in [3.8, 4) is 23.3 Å². The number of ether oxygens (including phenoxy) is 3. The highest BCUT2D eigenvalue weighted by Crippen LogP contribution is 2.29. The van der Waals surface area contributed by atoms with Gasteiger partial charge in [-0.3, -0.25) is 4.79 Å². The molecule has 0 heterocycles. The van der Waals surface area contributed by atoms with E-state index in [1.165, 1.54) is 6.21 Å². The first-order valence-electron chi connectivity index (χ1n) is 10.9. The summed E-state index contributed by atoms with van der Waals surface area (Å²) in [5.74, 6) is 1.39. The fraction of sp³-hybridized carbons (Fsp3) is 0.222. The fourth-order valence-corrected chi connectivity index (χ4v) is 3.10. The van der Waals surface area contributed by atoms with Crippen molar-refractivity contribution < 1.29 is 19.0 Å². The number of hydrazone groups is 1. The molecule has 0 radical (unpaired) electrons. The van der Waals surface area contributed by atoms with Crippen LogP contribution >= 0.6 is 0 Å². The molecule has 0 aliphatic carbocycles. The summed E-state index contributed by atoms with van der Waals surface area (Å²) in [4.78, 5) is 12.3. The smallest absolute Gasteiger partial charge is 0.280 e. The first kappa shape index (κ1) is 24.3. The van der Waals surface area contributed by atoms with Gasteiger partial charge in [-0.1, -0.05) is 36.4 Å². The van der Waals surface area contributed by atoms with Gasteiger partial charge in [0.25, 0.3) is 5.91 Å². The second kappa shape index (κ2) is 12.1. The normalized spacial score (nSPS) is 11.5. The van der Waals surface area contributed by atoms with E-state index in [4.69, 9.17) is 14.2 Å².